The van der Waals surface area contributed by atoms with Crippen molar-refractivity contribution in [3.8, 4) is 17.1 Å². The van der Waals surface area contributed by atoms with E-state index in [1.54, 1.807) is 0 Å². The Bertz CT molecular complexity index is 1660. The van der Waals surface area contributed by atoms with Crippen LogP contribution < -0.4 is 4.57 Å². The third-order valence-corrected chi connectivity index (χ3v) is 7.85. The van der Waals surface area contributed by atoms with Crippen LogP contribution in [0.25, 0.3) is 49.1 Å². The fraction of sp³-hybridized carbons (Fsp3) is 0.172. The van der Waals surface area contributed by atoms with E-state index in [4.69, 9.17) is 4.98 Å². The van der Waals surface area contributed by atoms with Gasteiger partial charge >= 0.3 is 0 Å². The van der Waals surface area contributed by atoms with Crippen LogP contribution in [0.15, 0.2) is 78.9 Å². The van der Waals surface area contributed by atoms with Gasteiger partial charge in [0.2, 0.25) is 0 Å². The molecule has 0 aliphatic carbocycles. The van der Waals surface area contributed by atoms with Crippen LogP contribution in [0.1, 0.15) is 30.3 Å². The van der Waals surface area contributed by atoms with Gasteiger partial charge in [-0.2, -0.15) is 4.57 Å². The first-order valence-electron chi connectivity index (χ1n) is 11.4. The van der Waals surface area contributed by atoms with Gasteiger partial charge in [-0.15, -0.1) is 11.3 Å². The molecule has 4 heteroatoms. The highest BCUT2D eigenvalue weighted by molar-refractivity contribution is 7.18. The van der Waals surface area contributed by atoms with Crippen molar-refractivity contribution in [2.45, 2.75) is 26.7 Å². The Morgan fingerprint density at radius 2 is 1.64 bits per heavy atom. The summed E-state index contributed by atoms with van der Waals surface area (Å²) in [6.45, 7) is 6.64. The second kappa shape index (κ2) is 7.53. The average molecular weight is 449 g/mol. The summed E-state index contributed by atoms with van der Waals surface area (Å²) in [5.41, 5.74) is 7.14. The minimum absolute atomic E-state index is 0.410. The van der Waals surface area contributed by atoms with E-state index in [9.17, 15) is 0 Å². The van der Waals surface area contributed by atoms with Crippen molar-refractivity contribution >= 4 is 43.4 Å². The number of benzene rings is 4. The molecule has 2 heterocycles. The summed E-state index contributed by atoms with van der Waals surface area (Å²) >= 11 is 1.81. The van der Waals surface area contributed by atoms with Crippen molar-refractivity contribution in [1.29, 1.82) is 0 Å². The number of aryl methyl sites for hydroxylation is 2. The van der Waals surface area contributed by atoms with Gasteiger partial charge in [-0.05, 0) is 42.1 Å². The SMILES string of the molecule is Cc1ccc2sc(C(C)C)nc2c1-c1n(-c2cccc3ccccc23)c2ccccc2[n+]1C. The lowest BCUT2D eigenvalue weighted by molar-refractivity contribution is -0.633. The Morgan fingerprint density at radius 1 is 0.879 bits per heavy atom. The minimum Gasteiger partial charge on any atom is -0.240 e. The molecule has 162 valence electrons. The average Bonchev–Trinajstić information content (AvgIpc) is 3.39. The molecule has 0 saturated carbocycles. The molecule has 0 amide bonds. The van der Waals surface area contributed by atoms with E-state index in [1.165, 1.54) is 48.3 Å². The second-order valence-corrected chi connectivity index (χ2v) is 10.1. The van der Waals surface area contributed by atoms with Gasteiger partial charge < -0.3 is 0 Å². The summed E-state index contributed by atoms with van der Waals surface area (Å²) < 4.78 is 6.00. The van der Waals surface area contributed by atoms with Gasteiger partial charge in [0.25, 0.3) is 5.82 Å². The van der Waals surface area contributed by atoms with Crippen LogP contribution in [0.5, 0.6) is 0 Å². The third-order valence-electron chi connectivity index (χ3n) is 6.52. The zero-order valence-electron chi connectivity index (χ0n) is 19.3. The molecule has 0 fully saturated rings. The van der Waals surface area contributed by atoms with Crippen molar-refractivity contribution in [3.63, 3.8) is 0 Å². The summed E-state index contributed by atoms with van der Waals surface area (Å²) in [6, 6.07) is 28.3. The molecule has 0 aliphatic heterocycles. The van der Waals surface area contributed by atoms with Crippen LogP contribution in [-0.2, 0) is 7.05 Å². The summed E-state index contributed by atoms with van der Waals surface area (Å²) in [5, 5.41) is 3.67. The van der Waals surface area contributed by atoms with Crippen LogP contribution in [0.3, 0.4) is 0 Å². The molecule has 6 aromatic rings. The zero-order valence-corrected chi connectivity index (χ0v) is 20.1. The molecule has 33 heavy (non-hydrogen) atoms. The number of imidazole rings is 1. The van der Waals surface area contributed by atoms with E-state index >= 15 is 0 Å². The number of nitrogens with zero attached hydrogens (tertiary/aromatic N) is 3. The van der Waals surface area contributed by atoms with Crippen LogP contribution in [-0.4, -0.2) is 9.55 Å². The predicted molar refractivity (Wildman–Crippen MR) is 139 cm³/mol. The summed E-state index contributed by atoms with van der Waals surface area (Å²) in [5.74, 6) is 1.57. The van der Waals surface area contributed by atoms with Crippen molar-refractivity contribution in [2.75, 3.05) is 0 Å². The van der Waals surface area contributed by atoms with Gasteiger partial charge in [-0.3, -0.25) is 0 Å². The van der Waals surface area contributed by atoms with Crippen LogP contribution in [0.4, 0.5) is 0 Å². The molecule has 0 radical (unpaired) electrons. The number of hydrogen-bond acceptors (Lipinski definition) is 2. The summed E-state index contributed by atoms with van der Waals surface area (Å²) in [7, 11) is 2.17. The first-order valence-corrected chi connectivity index (χ1v) is 12.2. The minimum atomic E-state index is 0.410. The molecular weight excluding hydrogens is 422 g/mol. The highest BCUT2D eigenvalue weighted by Crippen LogP contribution is 2.38. The lowest BCUT2D eigenvalue weighted by Gasteiger charge is -2.09. The Kier molecular flexibility index (Phi) is 4.59. The van der Waals surface area contributed by atoms with E-state index in [1.807, 2.05) is 11.3 Å². The number of fused-ring (bicyclic) bond motifs is 3. The lowest BCUT2D eigenvalue weighted by atomic mass is 10.0. The Labute approximate surface area is 197 Å². The number of aromatic nitrogens is 3. The molecule has 0 N–H and O–H groups in total. The quantitative estimate of drug-likeness (QED) is 0.260. The van der Waals surface area contributed by atoms with Gasteiger partial charge in [0, 0.05) is 11.3 Å². The fourth-order valence-corrected chi connectivity index (χ4v) is 5.86. The molecule has 4 aromatic carbocycles. The molecule has 0 atom stereocenters. The first kappa shape index (κ1) is 20.1. The second-order valence-electron chi connectivity index (χ2n) is 9.02. The lowest BCUT2D eigenvalue weighted by Crippen LogP contribution is -2.30. The first-order chi connectivity index (χ1) is 16.0. The highest BCUT2D eigenvalue weighted by Gasteiger charge is 2.30. The molecule has 6 rings (SSSR count). The van der Waals surface area contributed by atoms with Gasteiger partial charge in [0.05, 0.1) is 27.8 Å². The van der Waals surface area contributed by atoms with Gasteiger partial charge in [0.1, 0.15) is 5.69 Å². The van der Waals surface area contributed by atoms with Gasteiger partial charge in [-0.25, -0.2) is 9.55 Å². The third kappa shape index (κ3) is 3.01. The van der Waals surface area contributed by atoms with E-state index in [2.05, 4.69) is 116 Å². The molecule has 0 aliphatic rings. The number of para-hydroxylation sites is 2. The molecule has 0 spiro atoms. The van der Waals surface area contributed by atoms with E-state index in [-0.39, 0.29) is 0 Å². The van der Waals surface area contributed by atoms with E-state index in [0.29, 0.717) is 5.92 Å². The Hall–Kier alpha value is -3.50. The largest absolute Gasteiger partial charge is 0.297 e. The normalized spacial score (nSPS) is 11.9. The van der Waals surface area contributed by atoms with Crippen LogP contribution >= 0.6 is 11.3 Å². The molecule has 0 saturated heterocycles. The summed E-state index contributed by atoms with van der Waals surface area (Å²) in [4.78, 5) is 5.15. The summed E-state index contributed by atoms with van der Waals surface area (Å²) in [6.07, 6.45) is 0. The number of thiazole rings is 1. The fourth-order valence-electron chi connectivity index (χ4n) is 4.88. The van der Waals surface area contributed by atoms with Gasteiger partial charge in [-0.1, -0.05) is 68.4 Å². The molecule has 2 aromatic heterocycles. The van der Waals surface area contributed by atoms with E-state index in [0.717, 1.165) is 11.3 Å². The van der Waals surface area contributed by atoms with Crippen LogP contribution in [0, 0.1) is 6.92 Å². The highest BCUT2D eigenvalue weighted by atomic mass is 32.1. The smallest absolute Gasteiger partial charge is 0.240 e. The van der Waals surface area contributed by atoms with Crippen molar-refractivity contribution in [3.05, 3.63) is 89.4 Å². The number of hydrogen-bond donors (Lipinski definition) is 0. The monoisotopic (exact) mass is 448 g/mol. The van der Waals surface area contributed by atoms with E-state index < -0.39 is 0 Å². The molecule has 3 nitrogen and oxygen atoms in total. The number of rotatable bonds is 3. The topological polar surface area (TPSA) is 21.7 Å². The predicted octanol–water partition coefficient (Wildman–Crippen LogP) is 7.32. The maximum Gasteiger partial charge on any atom is 0.297 e. The Morgan fingerprint density at radius 3 is 2.48 bits per heavy atom. The van der Waals surface area contributed by atoms with Crippen LogP contribution in [0.2, 0.25) is 0 Å². The molecule has 0 bridgehead atoms. The molecular formula is C29H26N3S+. The van der Waals surface area contributed by atoms with Gasteiger partial charge in [0.15, 0.2) is 11.0 Å². The maximum absolute atomic E-state index is 5.15. The zero-order chi connectivity index (χ0) is 22.7. The van der Waals surface area contributed by atoms with Crippen molar-refractivity contribution < 1.29 is 4.57 Å². The maximum atomic E-state index is 5.15. The molecule has 0 unspecified atom stereocenters. The van der Waals surface area contributed by atoms with Crippen molar-refractivity contribution in [1.82, 2.24) is 9.55 Å². The standard InChI is InChI=1S/C29H26N3S/c1-18(2)28-30-27-25(33-28)17-16-19(3)26(27)29-31(4)23-13-7-8-14-24(23)32(29)22-15-9-11-20-10-5-6-12-21(20)22/h5-18H,1-4H3/q+1. The van der Waals surface area contributed by atoms with Crippen molar-refractivity contribution in [2.24, 2.45) is 7.05 Å². The Balaban J connectivity index is 1.80.